The topological polar surface area (TPSA) is 58.2 Å². The van der Waals surface area contributed by atoms with Gasteiger partial charge in [-0.1, -0.05) is 0 Å². The first-order valence-electron chi connectivity index (χ1n) is 4.53. The zero-order chi connectivity index (χ0) is 10.1. The summed E-state index contributed by atoms with van der Waals surface area (Å²) in [4.78, 5) is 21.0. The molecule has 76 valence electrons. The number of rotatable bonds is 8. The first-order valence-corrected chi connectivity index (χ1v) is 4.53. The first-order chi connectivity index (χ1) is 6.13. The van der Waals surface area contributed by atoms with Gasteiger partial charge in [0, 0.05) is 0 Å². The molecule has 0 bridgehead atoms. The van der Waals surface area contributed by atoms with Crippen LogP contribution in [0.2, 0.25) is 0 Å². The van der Waals surface area contributed by atoms with E-state index in [1.165, 1.54) is 0 Å². The fourth-order valence-corrected chi connectivity index (χ4v) is 0.867. The summed E-state index contributed by atoms with van der Waals surface area (Å²) < 4.78 is 0. The molecule has 0 spiro atoms. The minimum absolute atomic E-state index is 0.150. The molecule has 0 unspecified atom stereocenters. The van der Waals surface area contributed by atoms with Crippen molar-refractivity contribution in [3.8, 4) is 0 Å². The fourth-order valence-electron chi connectivity index (χ4n) is 0.867. The zero-order valence-electron chi connectivity index (χ0n) is 8.35. The van der Waals surface area contributed by atoms with E-state index in [9.17, 15) is 9.59 Å². The Morgan fingerprint density at radius 3 is 1.62 bits per heavy atom. The highest BCUT2D eigenvalue weighted by molar-refractivity contribution is 5.77. The first kappa shape index (κ1) is 12.3. The number of hydrogen-bond donors (Lipinski definition) is 2. The van der Waals surface area contributed by atoms with Crippen LogP contribution in [0.3, 0.4) is 0 Å². The molecule has 0 heterocycles. The van der Waals surface area contributed by atoms with Crippen molar-refractivity contribution in [3.05, 3.63) is 0 Å². The number of hydrogen-bond acceptors (Lipinski definition) is 4. The minimum Gasteiger partial charge on any atom is -0.310 e. The van der Waals surface area contributed by atoms with Gasteiger partial charge in [-0.2, -0.15) is 0 Å². The van der Waals surface area contributed by atoms with Gasteiger partial charge in [0.2, 0.25) is 0 Å². The van der Waals surface area contributed by atoms with Crippen LogP contribution in [0.1, 0.15) is 20.3 Å². The monoisotopic (exact) mass is 186 g/mol. The van der Waals surface area contributed by atoms with Gasteiger partial charge in [-0.3, -0.25) is 9.59 Å². The average molecular weight is 186 g/mol. The lowest BCUT2D eigenvalue weighted by Crippen LogP contribution is -2.27. The molecule has 0 aliphatic carbocycles. The van der Waals surface area contributed by atoms with Crippen molar-refractivity contribution in [1.82, 2.24) is 10.6 Å². The quantitative estimate of drug-likeness (QED) is 0.512. The fraction of sp³-hybridized carbons (Fsp3) is 0.778. The van der Waals surface area contributed by atoms with Crippen LogP contribution in [0.4, 0.5) is 0 Å². The van der Waals surface area contributed by atoms with E-state index in [4.69, 9.17) is 0 Å². The van der Waals surface area contributed by atoms with Gasteiger partial charge in [0.05, 0.1) is 13.1 Å². The molecule has 0 atom stereocenters. The molecule has 0 saturated heterocycles. The van der Waals surface area contributed by atoms with E-state index < -0.39 is 0 Å². The van der Waals surface area contributed by atoms with E-state index in [2.05, 4.69) is 10.6 Å². The number of nitrogens with one attached hydrogen (secondary N) is 2. The van der Waals surface area contributed by atoms with Crippen LogP contribution >= 0.6 is 0 Å². The number of carbonyl (C=O) groups excluding carboxylic acids is 2. The molecule has 0 aliphatic rings. The van der Waals surface area contributed by atoms with Crippen molar-refractivity contribution in [3.63, 3.8) is 0 Å². The van der Waals surface area contributed by atoms with E-state index in [1.807, 2.05) is 0 Å². The van der Waals surface area contributed by atoms with Gasteiger partial charge >= 0.3 is 0 Å². The molecule has 13 heavy (non-hydrogen) atoms. The highest BCUT2D eigenvalue weighted by Crippen LogP contribution is 1.74. The molecule has 0 radical (unpaired) electrons. The van der Waals surface area contributed by atoms with Gasteiger partial charge in [0.15, 0.2) is 0 Å². The maximum atomic E-state index is 10.5. The summed E-state index contributed by atoms with van der Waals surface area (Å²) in [7, 11) is 0. The largest absolute Gasteiger partial charge is 0.310 e. The summed E-state index contributed by atoms with van der Waals surface area (Å²) in [6.07, 6.45) is 0.931. The lowest BCUT2D eigenvalue weighted by Gasteiger charge is -2.02. The summed E-state index contributed by atoms with van der Waals surface area (Å²) in [6.45, 7) is 5.61. The maximum Gasteiger partial charge on any atom is 0.143 e. The van der Waals surface area contributed by atoms with Gasteiger partial charge in [0.25, 0.3) is 0 Å². The number of ketones is 2. The summed E-state index contributed by atoms with van der Waals surface area (Å²) in [5.41, 5.74) is 0. The molecule has 0 aromatic heterocycles. The van der Waals surface area contributed by atoms with Crippen molar-refractivity contribution in [2.75, 3.05) is 26.2 Å². The van der Waals surface area contributed by atoms with Crippen molar-refractivity contribution in [1.29, 1.82) is 0 Å². The van der Waals surface area contributed by atoms with Crippen LogP contribution in [0.15, 0.2) is 0 Å². The van der Waals surface area contributed by atoms with Crippen molar-refractivity contribution in [2.24, 2.45) is 0 Å². The smallest absolute Gasteiger partial charge is 0.143 e. The Bertz CT molecular complexity index is 151. The Morgan fingerprint density at radius 1 is 0.923 bits per heavy atom. The number of carbonyl (C=O) groups is 2. The second kappa shape index (κ2) is 7.89. The molecule has 0 fully saturated rings. The summed E-state index contributed by atoms with van der Waals surface area (Å²) in [6, 6.07) is 0. The molecule has 2 N–H and O–H groups in total. The Labute approximate surface area is 79.1 Å². The van der Waals surface area contributed by atoms with Crippen LogP contribution in [0.5, 0.6) is 0 Å². The summed E-state index contributed by atoms with van der Waals surface area (Å²) >= 11 is 0. The molecule has 0 aromatic carbocycles. The SMILES string of the molecule is CC(=O)CNCCCNCC(C)=O. The number of Topliss-reactive ketones (excluding diaryl/α,β-unsaturated/α-hetero) is 2. The lowest BCUT2D eigenvalue weighted by atomic mass is 10.3. The van der Waals surface area contributed by atoms with Crippen molar-refractivity contribution >= 4 is 11.6 Å². The molecule has 0 saturated carbocycles. The normalized spacial score (nSPS) is 10.0. The van der Waals surface area contributed by atoms with Gasteiger partial charge in [0.1, 0.15) is 11.6 Å². The molecular formula is C9H18N2O2. The molecule has 4 heteroatoms. The maximum absolute atomic E-state index is 10.5. The van der Waals surface area contributed by atoms with E-state index >= 15 is 0 Å². The Kier molecular flexibility index (Phi) is 7.44. The van der Waals surface area contributed by atoms with E-state index in [-0.39, 0.29) is 11.6 Å². The van der Waals surface area contributed by atoms with Crippen molar-refractivity contribution in [2.45, 2.75) is 20.3 Å². The Hall–Kier alpha value is -0.740. The van der Waals surface area contributed by atoms with Crippen molar-refractivity contribution < 1.29 is 9.59 Å². The van der Waals surface area contributed by atoms with Crippen LogP contribution in [0, 0.1) is 0 Å². The third-order valence-electron chi connectivity index (χ3n) is 1.45. The van der Waals surface area contributed by atoms with Gasteiger partial charge in [-0.15, -0.1) is 0 Å². The van der Waals surface area contributed by atoms with E-state index in [0.29, 0.717) is 13.1 Å². The minimum atomic E-state index is 0.150. The predicted octanol–water partition coefficient (Wildman–Crippen LogP) is -0.266. The van der Waals surface area contributed by atoms with Crippen LogP contribution < -0.4 is 10.6 Å². The molecule has 0 rings (SSSR count). The van der Waals surface area contributed by atoms with E-state index in [0.717, 1.165) is 19.5 Å². The highest BCUT2D eigenvalue weighted by Gasteiger charge is 1.93. The van der Waals surface area contributed by atoms with Gasteiger partial charge in [-0.25, -0.2) is 0 Å². The van der Waals surface area contributed by atoms with Gasteiger partial charge in [-0.05, 0) is 33.4 Å². The standard InChI is InChI=1S/C9H18N2O2/c1-8(12)6-10-4-3-5-11-7-9(2)13/h10-11H,3-7H2,1-2H3. The molecule has 0 amide bonds. The Balaban J connectivity index is 3.00. The molecule has 0 aliphatic heterocycles. The van der Waals surface area contributed by atoms with Gasteiger partial charge < -0.3 is 10.6 Å². The van der Waals surface area contributed by atoms with Crippen LogP contribution in [0.25, 0.3) is 0 Å². The Morgan fingerprint density at radius 2 is 1.31 bits per heavy atom. The third kappa shape index (κ3) is 11.3. The van der Waals surface area contributed by atoms with Crippen LogP contribution in [-0.2, 0) is 9.59 Å². The highest BCUT2D eigenvalue weighted by atomic mass is 16.1. The second-order valence-electron chi connectivity index (χ2n) is 3.11. The summed E-state index contributed by atoms with van der Waals surface area (Å²) in [5.74, 6) is 0.299. The average Bonchev–Trinajstić information content (AvgIpc) is 2.01. The predicted molar refractivity (Wildman–Crippen MR) is 51.7 cm³/mol. The molecular weight excluding hydrogens is 168 g/mol. The second-order valence-corrected chi connectivity index (χ2v) is 3.11. The lowest BCUT2D eigenvalue weighted by molar-refractivity contribution is -0.116. The van der Waals surface area contributed by atoms with E-state index in [1.54, 1.807) is 13.8 Å². The zero-order valence-corrected chi connectivity index (χ0v) is 8.35. The molecule has 0 aromatic rings. The summed E-state index contributed by atoms with van der Waals surface area (Å²) in [5, 5.41) is 6.00. The van der Waals surface area contributed by atoms with Crippen LogP contribution in [-0.4, -0.2) is 37.7 Å². The third-order valence-corrected chi connectivity index (χ3v) is 1.45. The molecule has 4 nitrogen and oxygen atoms in total.